The fourth-order valence-electron chi connectivity index (χ4n) is 3.89. The molecule has 1 aliphatic rings. The van der Waals surface area contributed by atoms with Gasteiger partial charge in [0.05, 0.1) is 27.9 Å². The largest absolute Gasteiger partial charge is 0.272 e. The van der Waals surface area contributed by atoms with Gasteiger partial charge in [-0.05, 0) is 42.8 Å². The monoisotopic (exact) mass is 395 g/mol. The number of imide groups is 1. The van der Waals surface area contributed by atoms with Gasteiger partial charge in [0.1, 0.15) is 0 Å². The smallest absolute Gasteiger partial charge is 0.268 e. The predicted molar refractivity (Wildman–Crippen MR) is 114 cm³/mol. The van der Waals surface area contributed by atoms with Crippen LogP contribution in [0.1, 0.15) is 37.5 Å². The Kier molecular flexibility index (Phi) is 4.06. The number of aromatic nitrogens is 2. The second-order valence-electron chi connectivity index (χ2n) is 7.39. The number of nitrogens with zero attached hydrogens (tertiary/aromatic N) is 2. The second-order valence-corrected chi connectivity index (χ2v) is 7.39. The summed E-state index contributed by atoms with van der Waals surface area (Å²) >= 11 is 0. The van der Waals surface area contributed by atoms with Gasteiger partial charge in [-0.3, -0.25) is 14.4 Å². The number of aryl methyl sites for hydroxylation is 1. The van der Waals surface area contributed by atoms with Gasteiger partial charge in [0.25, 0.3) is 17.4 Å². The number of hydrogen-bond donors (Lipinski definition) is 1. The van der Waals surface area contributed by atoms with Gasteiger partial charge in [0.2, 0.25) is 0 Å². The van der Waals surface area contributed by atoms with E-state index in [0.29, 0.717) is 28.6 Å². The third-order valence-corrected chi connectivity index (χ3v) is 5.36. The summed E-state index contributed by atoms with van der Waals surface area (Å²) in [5.41, 5.74) is 3.67. The van der Waals surface area contributed by atoms with Crippen LogP contribution in [0, 0.1) is 6.92 Å². The van der Waals surface area contributed by atoms with Crippen LogP contribution >= 0.6 is 0 Å². The molecule has 0 fully saturated rings. The normalized spacial score (nSPS) is 13.2. The standard InChI is InChI=1S/C24H17N3O3/c1-14-9-10-19-20(11-14)24(30)27(23(19)29)16-6-4-5-15(12-16)13-21-17-7-2-3-8-18(17)22(28)26-25-21/h2-12H,13H2,1H3,(H,26,28). The minimum Gasteiger partial charge on any atom is -0.268 e. The van der Waals surface area contributed by atoms with E-state index in [4.69, 9.17) is 0 Å². The number of anilines is 1. The van der Waals surface area contributed by atoms with E-state index < -0.39 is 0 Å². The maximum absolute atomic E-state index is 12.9. The Morgan fingerprint density at radius 1 is 0.833 bits per heavy atom. The van der Waals surface area contributed by atoms with Crippen molar-refractivity contribution in [3.63, 3.8) is 0 Å². The van der Waals surface area contributed by atoms with E-state index in [1.165, 1.54) is 4.90 Å². The van der Waals surface area contributed by atoms with Gasteiger partial charge in [0.15, 0.2) is 0 Å². The van der Waals surface area contributed by atoms with Gasteiger partial charge < -0.3 is 0 Å². The van der Waals surface area contributed by atoms with Crippen molar-refractivity contribution < 1.29 is 9.59 Å². The molecule has 1 aromatic heterocycles. The lowest BCUT2D eigenvalue weighted by atomic mass is 10.0. The molecule has 146 valence electrons. The van der Waals surface area contributed by atoms with Gasteiger partial charge in [-0.25, -0.2) is 10.00 Å². The number of aromatic amines is 1. The van der Waals surface area contributed by atoms with Crippen molar-refractivity contribution >= 4 is 28.3 Å². The van der Waals surface area contributed by atoms with Crippen molar-refractivity contribution in [2.45, 2.75) is 13.3 Å². The van der Waals surface area contributed by atoms with Gasteiger partial charge in [0, 0.05) is 11.8 Å². The zero-order valence-electron chi connectivity index (χ0n) is 16.2. The Morgan fingerprint density at radius 3 is 2.43 bits per heavy atom. The van der Waals surface area contributed by atoms with Crippen LogP contribution in [0.3, 0.4) is 0 Å². The van der Waals surface area contributed by atoms with Crippen LogP contribution in [0.2, 0.25) is 0 Å². The molecule has 0 atom stereocenters. The number of benzene rings is 3. The van der Waals surface area contributed by atoms with E-state index in [9.17, 15) is 14.4 Å². The molecule has 4 aromatic rings. The molecule has 30 heavy (non-hydrogen) atoms. The summed E-state index contributed by atoms with van der Waals surface area (Å²) in [5.74, 6) is -0.636. The van der Waals surface area contributed by atoms with Gasteiger partial charge >= 0.3 is 0 Å². The number of amides is 2. The molecule has 2 amide bonds. The predicted octanol–water partition coefficient (Wildman–Crippen LogP) is 3.62. The Balaban J connectivity index is 1.52. The zero-order chi connectivity index (χ0) is 20.8. The molecule has 1 aliphatic heterocycles. The summed E-state index contributed by atoms with van der Waals surface area (Å²) in [7, 11) is 0. The van der Waals surface area contributed by atoms with Crippen molar-refractivity contribution in [2.24, 2.45) is 0 Å². The molecule has 6 nitrogen and oxygen atoms in total. The van der Waals surface area contributed by atoms with Crippen LogP contribution in [0.15, 0.2) is 71.5 Å². The van der Waals surface area contributed by atoms with E-state index in [-0.39, 0.29) is 17.4 Å². The van der Waals surface area contributed by atoms with Crippen LogP contribution in [-0.2, 0) is 6.42 Å². The average molecular weight is 395 g/mol. The first-order valence-corrected chi connectivity index (χ1v) is 9.57. The van der Waals surface area contributed by atoms with Crippen molar-refractivity contribution in [2.75, 3.05) is 4.90 Å². The number of fused-ring (bicyclic) bond motifs is 2. The Labute approximate surface area is 171 Å². The molecular formula is C24H17N3O3. The minimum atomic E-state index is -0.320. The summed E-state index contributed by atoms with van der Waals surface area (Å²) in [6.45, 7) is 1.89. The minimum absolute atomic E-state index is 0.232. The summed E-state index contributed by atoms with van der Waals surface area (Å²) in [4.78, 5) is 39.0. The van der Waals surface area contributed by atoms with Crippen LogP contribution in [0.4, 0.5) is 5.69 Å². The number of hydrogen-bond acceptors (Lipinski definition) is 4. The molecule has 0 spiro atoms. The van der Waals surface area contributed by atoms with Gasteiger partial charge in [-0.2, -0.15) is 5.10 Å². The Bertz CT molecular complexity index is 1400. The highest BCUT2D eigenvalue weighted by molar-refractivity contribution is 6.34. The summed E-state index contributed by atoms with van der Waals surface area (Å²) in [6, 6.07) is 19.9. The molecular weight excluding hydrogens is 378 g/mol. The topological polar surface area (TPSA) is 83.1 Å². The van der Waals surface area contributed by atoms with E-state index in [0.717, 1.165) is 22.2 Å². The fourth-order valence-corrected chi connectivity index (χ4v) is 3.89. The lowest BCUT2D eigenvalue weighted by Gasteiger charge is -2.15. The number of carbonyl (C=O) groups excluding carboxylic acids is 2. The van der Waals surface area contributed by atoms with E-state index in [2.05, 4.69) is 10.2 Å². The zero-order valence-corrected chi connectivity index (χ0v) is 16.2. The van der Waals surface area contributed by atoms with Crippen LogP contribution < -0.4 is 10.5 Å². The molecule has 1 N–H and O–H groups in total. The first-order valence-electron chi connectivity index (χ1n) is 9.57. The SMILES string of the molecule is Cc1ccc2c(c1)C(=O)N(c1cccc(Cc3n[nH]c(=O)c4ccccc34)c1)C2=O. The van der Waals surface area contributed by atoms with Crippen molar-refractivity contribution in [1.82, 2.24) is 10.2 Å². The van der Waals surface area contributed by atoms with Crippen LogP contribution in [0.25, 0.3) is 10.8 Å². The number of rotatable bonds is 3. The molecule has 0 aliphatic carbocycles. The molecule has 5 rings (SSSR count). The second kappa shape index (κ2) is 6.77. The molecule has 0 unspecified atom stereocenters. The van der Waals surface area contributed by atoms with E-state index in [1.807, 2.05) is 49.4 Å². The Morgan fingerprint density at radius 2 is 1.60 bits per heavy atom. The van der Waals surface area contributed by atoms with Crippen LogP contribution in [0.5, 0.6) is 0 Å². The maximum atomic E-state index is 12.9. The molecule has 0 radical (unpaired) electrons. The lowest BCUT2D eigenvalue weighted by Crippen LogP contribution is -2.29. The molecule has 6 heteroatoms. The molecule has 0 saturated heterocycles. The third-order valence-electron chi connectivity index (χ3n) is 5.36. The van der Waals surface area contributed by atoms with Crippen molar-refractivity contribution in [1.29, 1.82) is 0 Å². The average Bonchev–Trinajstić information content (AvgIpc) is 3.00. The first-order chi connectivity index (χ1) is 14.5. The highest BCUT2D eigenvalue weighted by Crippen LogP contribution is 2.30. The third kappa shape index (κ3) is 2.81. The molecule has 0 bridgehead atoms. The highest BCUT2D eigenvalue weighted by Gasteiger charge is 2.36. The number of nitrogens with one attached hydrogen (secondary N) is 1. The number of H-pyrrole nitrogens is 1. The molecule has 2 heterocycles. The van der Waals surface area contributed by atoms with Gasteiger partial charge in [-0.15, -0.1) is 0 Å². The highest BCUT2D eigenvalue weighted by atomic mass is 16.2. The summed E-state index contributed by atoms with van der Waals surface area (Å²) < 4.78 is 0. The first kappa shape index (κ1) is 18.0. The quantitative estimate of drug-likeness (QED) is 0.537. The van der Waals surface area contributed by atoms with Gasteiger partial charge in [-0.1, -0.05) is 42.0 Å². The summed E-state index contributed by atoms with van der Waals surface area (Å²) in [6.07, 6.45) is 0.452. The van der Waals surface area contributed by atoms with E-state index >= 15 is 0 Å². The molecule has 3 aromatic carbocycles. The van der Waals surface area contributed by atoms with E-state index in [1.54, 1.807) is 24.3 Å². The lowest BCUT2D eigenvalue weighted by molar-refractivity contribution is 0.0926. The summed E-state index contributed by atoms with van der Waals surface area (Å²) in [5, 5.41) is 8.11. The fraction of sp³-hybridized carbons (Fsp3) is 0.0833. The Hall–Kier alpha value is -4.06. The maximum Gasteiger partial charge on any atom is 0.272 e. The van der Waals surface area contributed by atoms with Crippen molar-refractivity contribution in [3.05, 3.63) is 105 Å². The van der Waals surface area contributed by atoms with Crippen LogP contribution in [-0.4, -0.2) is 22.0 Å². The van der Waals surface area contributed by atoms with Crippen molar-refractivity contribution in [3.8, 4) is 0 Å². The molecule has 0 saturated carbocycles. The number of carbonyl (C=O) groups is 2.